The molecule has 196 valence electrons. The minimum atomic E-state index is -4.48. The summed E-state index contributed by atoms with van der Waals surface area (Å²) in [7, 11) is 0. The quantitative estimate of drug-likeness (QED) is 0.369. The van der Waals surface area contributed by atoms with Crippen molar-refractivity contribution in [2.75, 3.05) is 6.61 Å². The predicted molar refractivity (Wildman–Crippen MR) is 128 cm³/mol. The van der Waals surface area contributed by atoms with Gasteiger partial charge in [0.1, 0.15) is 0 Å². The van der Waals surface area contributed by atoms with E-state index in [0.29, 0.717) is 17.5 Å². The van der Waals surface area contributed by atoms with Crippen LogP contribution in [0.1, 0.15) is 38.3 Å². The molecule has 0 aliphatic rings. The molecule has 0 aliphatic heterocycles. The Labute approximate surface area is 208 Å². The Morgan fingerprint density at radius 1 is 1.11 bits per heavy atom. The number of aryl methyl sites for hydroxylation is 1. The SMILES string of the molecule is CCCn1c(=O)c2c(nc(-c3cnn(Cc4cccc(C(F)(F)F)c4)c3)n2C(=O)OCC)n(CC)c1=O. The van der Waals surface area contributed by atoms with Crippen molar-refractivity contribution in [2.24, 2.45) is 0 Å². The Hall–Kier alpha value is -4.16. The van der Waals surface area contributed by atoms with Crippen LogP contribution in [-0.2, 0) is 30.5 Å². The van der Waals surface area contributed by atoms with E-state index in [0.717, 1.165) is 21.3 Å². The predicted octanol–water partition coefficient (Wildman–Crippen LogP) is 3.72. The molecule has 0 radical (unpaired) electrons. The molecular formula is C24H25F3N6O4. The highest BCUT2D eigenvalue weighted by atomic mass is 19.4. The van der Waals surface area contributed by atoms with Gasteiger partial charge in [-0.3, -0.25) is 18.6 Å². The second-order valence-electron chi connectivity index (χ2n) is 8.25. The summed E-state index contributed by atoms with van der Waals surface area (Å²) < 4.78 is 49.2. The van der Waals surface area contributed by atoms with Crippen LogP contribution in [0.4, 0.5) is 18.0 Å². The van der Waals surface area contributed by atoms with Crippen molar-refractivity contribution in [1.82, 2.24) is 28.5 Å². The van der Waals surface area contributed by atoms with Gasteiger partial charge in [0.05, 0.1) is 30.5 Å². The van der Waals surface area contributed by atoms with Crippen molar-refractivity contribution in [3.63, 3.8) is 0 Å². The van der Waals surface area contributed by atoms with Gasteiger partial charge < -0.3 is 4.74 Å². The van der Waals surface area contributed by atoms with E-state index in [1.807, 2.05) is 6.92 Å². The summed E-state index contributed by atoms with van der Waals surface area (Å²) in [4.78, 5) is 43.7. The second kappa shape index (κ2) is 10.1. The monoisotopic (exact) mass is 518 g/mol. The van der Waals surface area contributed by atoms with E-state index in [2.05, 4.69) is 10.1 Å². The number of ether oxygens (including phenoxy) is 1. The maximum Gasteiger partial charge on any atom is 0.420 e. The number of halogens is 3. The number of carbonyl (C=O) groups is 1. The van der Waals surface area contributed by atoms with E-state index in [-0.39, 0.29) is 43.2 Å². The van der Waals surface area contributed by atoms with Crippen molar-refractivity contribution in [3.8, 4) is 11.4 Å². The van der Waals surface area contributed by atoms with E-state index in [9.17, 15) is 27.6 Å². The first kappa shape index (κ1) is 25.9. The maximum absolute atomic E-state index is 13.3. The van der Waals surface area contributed by atoms with Crippen LogP contribution in [0.5, 0.6) is 0 Å². The summed E-state index contributed by atoms with van der Waals surface area (Å²) in [6, 6.07) is 4.87. The molecule has 3 aromatic heterocycles. The Morgan fingerprint density at radius 3 is 2.51 bits per heavy atom. The summed E-state index contributed by atoms with van der Waals surface area (Å²) in [6.45, 7) is 5.56. The number of fused-ring (bicyclic) bond motifs is 1. The number of rotatable bonds is 7. The van der Waals surface area contributed by atoms with Crippen molar-refractivity contribution >= 4 is 17.3 Å². The van der Waals surface area contributed by atoms with Gasteiger partial charge in [-0.15, -0.1) is 0 Å². The van der Waals surface area contributed by atoms with Crippen molar-refractivity contribution in [1.29, 1.82) is 0 Å². The lowest BCUT2D eigenvalue weighted by Gasteiger charge is -2.10. The molecule has 4 aromatic rings. The molecule has 13 heteroatoms. The highest BCUT2D eigenvalue weighted by Crippen LogP contribution is 2.30. The van der Waals surface area contributed by atoms with Gasteiger partial charge in [0.2, 0.25) is 0 Å². The molecule has 0 bridgehead atoms. The molecule has 4 rings (SSSR count). The molecule has 0 saturated heterocycles. The van der Waals surface area contributed by atoms with Crippen LogP contribution in [0, 0.1) is 0 Å². The lowest BCUT2D eigenvalue weighted by molar-refractivity contribution is -0.137. The fourth-order valence-corrected chi connectivity index (χ4v) is 4.10. The van der Waals surface area contributed by atoms with E-state index in [1.54, 1.807) is 19.9 Å². The molecule has 1 aromatic carbocycles. The summed E-state index contributed by atoms with van der Waals surface area (Å²) in [5, 5.41) is 4.20. The molecule has 3 heterocycles. The van der Waals surface area contributed by atoms with Gasteiger partial charge in [-0.2, -0.15) is 18.3 Å². The average molecular weight is 518 g/mol. The molecule has 0 fully saturated rings. The van der Waals surface area contributed by atoms with Gasteiger partial charge in [-0.05, 0) is 38.0 Å². The molecule has 10 nitrogen and oxygen atoms in total. The Morgan fingerprint density at radius 2 is 1.86 bits per heavy atom. The first-order valence-corrected chi connectivity index (χ1v) is 11.7. The molecule has 0 unspecified atom stereocenters. The van der Waals surface area contributed by atoms with Crippen molar-refractivity contribution < 1.29 is 22.7 Å². The minimum absolute atomic E-state index is 0.0204. The standard InChI is InChI=1S/C24H25F3N6O4/c1-4-10-32-21(34)18-20(31(5-2)22(32)35)29-19(33(18)23(36)37-6-3)16-12-28-30(14-16)13-15-8-7-9-17(11-15)24(25,26)27/h7-9,11-12,14H,4-6,10,13H2,1-3H3. The van der Waals surface area contributed by atoms with Crippen LogP contribution in [0.25, 0.3) is 22.6 Å². The molecular weight excluding hydrogens is 493 g/mol. The highest BCUT2D eigenvalue weighted by molar-refractivity contribution is 5.90. The zero-order chi connectivity index (χ0) is 26.9. The third kappa shape index (κ3) is 4.80. The van der Waals surface area contributed by atoms with E-state index in [1.165, 1.54) is 27.7 Å². The van der Waals surface area contributed by atoms with Crippen LogP contribution in [0.2, 0.25) is 0 Å². The van der Waals surface area contributed by atoms with E-state index >= 15 is 0 Å². The molecule has 0 saturated carbocycles. The molecule has 0 spiro atoms. The second-order valence-corrected chi connectivity index (χ2v) is 8.25. The fraction of sp³-hybridized carbons (Fsp3) is 0.375. The Kier molecular flexibility index (Phi) is 7.05. The Balaban J connectivity index is 1.87. The van der Waals surface area contributed by atoms with Crippen molar-refractivity contribution in [2.45, 2.75) is 53.0 Å². The van der Waals surface area contributed by atoms with Crippen LogP contribution < -0.4 is 11.2 Å². The third-order valence-electron chi connectivity index (χ3n) is 5.73. The summed E-state index contributed by atoms with van der Waals surface area (Å²) in [6.07, 6.45) is -1.94. The van der Waals surface area contributed by atoms with Crippen LogP contribution in [0.15, 0.2) is 46.2 Å². The first-order valence-electron chi connectivity index (χ1n) is 11.7. The lowest BCUT2D eigenvalue weighted by Crippen LogP contribution is -2.40. The van der Waals surface area contributed by atoms with Gasteiger partial charge in [0.15, 0.2) is 17.0 Å². The largest absolute Gasteiger partial charge is 0.449 e. The first-order chi connectivity index (χ1) is 17.6. The van der Waals surface area contributed by atoms with E-state index in [4.69, 9.17) is 4.74 Å². The van der Waals surface area contributed by atoms with Gasteiger partial charge in [-0.25, -0.2) is 19.1 Å². The number of benzene rings is 1. The molecule has 0 aliphatic carbocycles. The minimum Gasteiger partial charge on any atom is -0.449 e. The third-order valence-corrected chi connectivity index (χ3v) is 5.73. The summed E-state index contributed by atoms with van der Waals surface area (Å²) in [5.74, 6) is 0.0247. The number of hydrogen-bond donors (Lipinski definition) is 0. The van der Waals surface area contributed by atoms with Gasteiger partial charge in [0, 0.05) is 19.3 Å². The number of hydrogen-bond acceptors (Lipinski definition) is 6. The number of alkyl halides is 3. The summed E-state index contributed by atoms with van der Waals surface area (Å²) in [5.41, 5.74) is -1.38. The lowest BCUT2D eigenvalue weighted by atomic mass is 10.1. The maximum atomic E-state index is 13.3. The number of nitrogens with zero attached hydrogens (tertiary/aromatic N) is 6. The average Bonchev–Trinajstić information content (AvgIpc) is 3.47. The normalized spacial score (nSPS) is 11.8. The molecule has 0 atom stereocenters. The van der Waals surface area contributed by atoms with Gasteiger partial charge in [0.25, 0.3) is 5.56 Å². The smallest absolute Gasteiger partial charge is 0.420 e. The molecule has 0 N–H and O–H groups in total. The van der Waals surface area contributed by atoms with Crippen LogP contribution >= 0.6 is 0 Å². The zero-order valence-corrected chi connectivity index (χ0v) is 20.4. The topological polar surface area (TPSA) is 106 Å². The fourth-order valence-electron chi connectivity index (χ4n) is 4.10. The van der Waals surface area contributed by atoms with Crippen LogP contribution in [0.3, 0.4) is 0 Å². The summed E-state index contributed by atoms with van der Waals surface area (Å²) >= 11 is 0. The molecule has 0 amide bonds. The number of carbonyl (C=O) groups excluding carboxylic acids is 1. The zero-order valence-electron chi connectivity index (χ0n) is 20.4. The number of aromatic nitrogens is 6. The van der Waals surface area contributed by atoms with Crippen LogP contribution in [-0.4, -0.2) is 41.2 Å². The Bertz CT molecular complexity index is 1580. The molecule has 37 heavy (non-hydrogen) atoms. The van der Waals surface area contributed by atoms with E-state index < -0.39 is 29.1 Å². The highest BCUT2D eigenvalue weighted by Gasteiger charge is 2.30. The van der Waals surface area contributed by atoms with Gasteiger partial charge in [-0.1, -0.05) is 19.1 Å². The number of imidazole rings is 1. The van der Waals surface area contributed by atoms with Crippen molar-refractivity contribution in [3.05, 3.63) is 68.6 Å². The van der Waals surface area contributed by atoms with Gasteiger partial charge >= 0.3 is 18.0 Å².